The Labute approximate surface area is 202 Å². The number of hydrogen-bond donors (Lipinski definition) is 3. The van der Waals surface area contributed by atoms with Crippen molar-refractivity contribution in [1.29, 1.82) is 0 Å². The van der Waals surface area contributed by atoms with Crippen LogP contribution in [0.2, 0.25) is 0 Å². The number of nitrogens with two attached hydrogens (primary N) is 1. The van der Waals surface area contributed by atoms with Gasteiger partial charge in [0.1, 0.15) is 17.2 Å². The SMILES string of the molecule is COC(=O)Nc1ccc(-c2ccc3nc(Cc4nnc(CC(=O)NC5(N)CC5)o4)sc3c2F)cc1. The van der Waals surface area contributed by atoms with Crippen molar-refractivity contribution in [3.63, 3.8) is 0 Å². The van der Waals surface area contributed by atoms with Crippen LogP contribution in [0.15, 0.2) is 40.8 Å². The number of methoxy groups -OCH3 is 1. The number of fused-ring (bicyclic) bond motifs is 1. The van der Waals surface area contributed by atoms with E-state index in [1.807, 2.05) is 0 Å². The van der Waals surface area contributed by atoms with E-state index in [2.05, 4.69) is 30.6 Å². The monoisotopic (exact) mass is 496 g/mol. The summed E-state index contributed by atoms with van der Waals surface area (Å²) in [5.74, 6) is -0.195. The zero-order valence-corrected chi connectivity index (χ0v) is 19.4. The summed E-state index contributed by atoms with van der Waals surface area (Å²) >= 11 is 1.20. The molecule has 1 saturated carbocycles. The Kier molecular flexibility index (Phi) is 5.91. The third-order valence-electron chi connectivity index (χ3n) is 5.47. The summed E-state index contributed by atoms with van der Waals surface area (Å²) in [6.45, 7) is 0. The van der Waals surface area contributed by atoms with Crippen LogP contribution in [0.5, 0.6) is 0 Å². The Morgan fingerprint density at radius 2 is 1.91 bits per heavy atom. The molecule has 0 saturated heterocycles. The minimum atomic E-state index is -0.605. The van der Waals surface area contributed by atoms with Crippen LogP contribution in [-0.4, -0.2) is 40.0 Å². The van der Waals surface area contributed by atoms with Gasteiger partial charge in [0, 0.05) is 11.3 Å². The number of aromatic nitrogens is 3. The van der Waals surface area contributed by atoms with Crippen molar-refractivity contribution < 1.29 is 23.1 Å². The highest BCUT2D eigenvalue weighted by Crippen LogP contribution is 2.33. The van der Waals surface area contributed by atoms with E-state index in [0.717, 1.165) is 12.8 Å². The molecule has 12 heteroatoms. The summed E-state index contributed by atoms with van der Waals surface area (Å²) in [5, 5.41) is 13.8. The zero-order chi connectivity index (χ0) is 24.6. The number of benzene rings is 2. The Bertz CT molecular complexity index is 1410. The van der Waals surface area contributed by atoms with Crippen molar-refractivity contribution in [1.82, 2.24) is 20.5 Å². The van der Waals surface area contributed by atoms with Gasteiger partial charge in [0.2, 0.25) is 17.7 Å². The van der Waals surface area contributed by atoms with Crippen molar-refractivity contribution >= 4 is 39.2 Å². The number of amides is 2. The highest BCUT2D eigenvalue weighted by molar-refractivity contribution is 7.18. The molecule has 1 fully saturated rings. The molecule has 2 amide bonds. The molecule has 0 atom stereocenters. The van der Waals surface area contributed by atoms with Gasteiger partial charge in [-0.3, -0.25) is 10.1 Å². The molecule has 2 aromatic heterocycles. The van der Waals surface area contributed by atoms with Gasteiger partial charge in [-0.05, 0) is 42.7 Å². The molecule has 1 aliphatic rings. The zero-order valence-electron chi connectivity index (χ0n) is 18.6. The number of carbonyl (C=O) groups is 2. The topological polar surface area (TPSA) is 145 Å². The Morgan fingerprint density at radius 1 is 1.17 bits per heavy atom. The highest BCUT2D eigenvalue weighted by atomic mass is 32.1. The van der Waals surface area contributed by atoms with E-state index >= 15 is 4.39 Å². The molecule has 1 aliphatic carbocycles. The Hall–Kier alpha value is -3.90. The van der Waals surface area contributed by atoms with E-state index in [1.165, 1.54) is 18.4 Å². The van der Waals surface area contributed by atoms with Gasteiger partial charge >= 0.3 is 6.09 Å². The lowest BCUT2D eigenvalue weighted by atomic mass is 10.0. The van der Waals surface area contributed by atoms with Gasteiger partial charge in [-0.15, -0.1) is 21.5 Å². The summed E-state index contributed by atoms with van der Waals surface area (Å²) in [4.78, 5) is 27.8. The average Bonchev–Trinajstić information content (AvgIpc) is 3.19. The van der Waals surface area contributed by atoms with Crippen molar-refractivity contribution in [2.45, 2.75) is 31.3 Å². The van der Waals surface area contributed by atoms with Crippen molar-refractivity contribution in [2.75, 3.05) is 12.4 Å². The maximum absolute atomic E-state index is 15.3. The van der Waals surface area contributed by atoms with Crippen LogP contribution in [0.4, 0.5) is 14.9 Å². The summed E-state index contributed by atoms with van der Waals surface area (Å²) in [6.07, 6.45) is 1.08. The summed E-state index contributed by atoms with van der Waals surface area (Å²) < 4.78 is 25.9. The van der Waals surface area contributed by atoms with Gasteiger partial charge < -0.3 is 20.2 Å². The number of rotatable bonds is 7. The number of anilines is 1. The minimum absolute atomic E-state index is 0.0578. The van der Waals surface area contributed by atoms with E-state index in [1.54, 1.807) is 36.4 Å². The summed E-state index contributed by atoms with van der Waals surface area (Å²) in [7, 11) is 1.28. The van der Waals surface area contributed by atoms with Gasteiger partial charge in [0.25, 0.3) is 0 Å². The third-order valence-corrected chi connectivity index (χ3v) is 6.53. The maximum atomic E-state index is 15.3. The fourth-order valence-corrected chi connectivity index (χ4v) is 4.48. The molecule has 0 aliphatic heterocycles. The smallest absolute Gasteiger partial charge is 0.411 e. The number of halogens is 1. The van der Waals surface area contributed by atoms with Crippen LogP contribution < -0.4 is 16.4 Å². The van der Waals surface area contributed by atoms with Gasteiger partial charge in [-0.25, -0.2) is 14.2 Å². The summed E-state index contributed by atoms with van der Waals surface area (Å²) in [6, 6.07) is 10.2. The van der Waals surface area contributed by atoms with Crippen LogP contribution in [0.1, 0.15) is 29.6 Å². The largest absolute Gasteiger partial charge is 0.453 e. The van der Waals surface area contributed by atoms with Crippen molar-refractivity contribution in [3.8, 4) is 11.1 Å². The molecule has 35 heavy (non-hydrogen) atoms. The van der Waals surface area contributed by atoms with Crippen LogP contribution in [0, 0.1) is 5.82 Å². The second-order valence-electron chi connectivity index (χ2n) is 8.22. The lowest BCUT2D eigenvalue weighted by Gasteiger charge is -2.09. The molecular formula is C23H21FN6O4S. The molecule has 0 unspecified atom stereocenters. The molecule has 0 radical (unpaired) electrons. The predicted molar refractivity (Wildman–Crippen MR) is 126 cm³/mol. The van der Waals surface area contributed by atoms with Crippen LogP contribution in [-0.2, 0) is 22.4 Å². The van der Waals surface area contributed by atoms with Crippen molar-refractivity contribution in [2.24, 2.45) is 5.73 Å². The third kappa shape index (κ3) is 5.12. The second kappa shape index (κ2) is 9.04. The van der Waals surface area contributed by atoms with E-state index in [4.69, 9.17) is 10.2 Å². The van der Waals surface area contributed by atoms with Crippen molar-refractivity contribution in [3.05, 3.63) is 59.0 Å². The molecule has 4 N–H and O–H groups in total. The molecule has 0 spiro atoms. The van der Waals surface area contributed by atoms with E-state index in [-0.39, 0.29) is 30.5 Å². The quantitative estimate of drug-likeness (QED) is 0.330. The Balaban J connectivity index is 1.30. The normalized spacial score (nSPS) is 14.0. The van der Waals surface area contributed by atoms with E-state index < -0.39 is 17.6 Å². The first-order chi connectivity index (χ1) is 16.8. The van der Waals surface area contributed by atoms with Crippen LogP contribution in [0.25, 0.3) is 21.3 Å². The standard InChI is InChI=1S/C23H21FN6O4S/c1-33-22(32)26-13-4-2-12(3-5-13)14-6-7-15-21(20(14)24)35-19(27-15)11-18-30-29-17(34-18)10-16(31)28-23(25)8-9-23/h2-7H,8-11,25H2,1H3,(H,26,32)(H,28,31). The fourth-order valence-electron chi connectivity index (χ4n) is 3.49. The first-order valence-corrected chi connectivity index (χ1v) is 11.6. The van der Waals surface area contributed by atoms with Gasteiger partial charge in [0.15, 0.2) is 0 Å². The molecule has 2 aromatic carbocycles. The molecule has 180 valence electrons. The number of nitrogens with one attached hydrogen (secondary N) is 2. The maximum Gasteiger partial charge on any atom is 0.411 e. The molecule has 4 aromatic rings. The number of nitrogens with zero attached hydrogens (tertiary/aromatic N) is 3. The molecule has 10 nitrogen and oxygen atoms in total. The van der Waals surface area contributed by atoms with E-state index in [9.17, 15) is 9.59 Å². The van der Waals surface area contributed by atoms with Crippen LogP contribution in [0.3, 0.4) is 0 Å². The predicted octanol–water partition coefficient (Wildman–Crippen LogP) is 3.36. The second-order valence-corrected chi connectivity index (χ2v) is 9.31. The lowest BCUT2D eigenvalue weighted by Crippen LogP contribution is -2.44. The van der Waals surface area contributed by atoms with Gasteiger partial charge in [-0.2, -0.15) is 0 Å². The molecule has 5 rings (SSSR count). The molecule has 2 heterocycles. The van der Waals surface area contributed by atoms with Gasteiger partial charge in [-0.1, -0.05) is 12.1 Å². The highest BCUT2D eigenvalue weighted by Gasteiger charge is 2.39. The van der Waals surface area contributed by atoms with Crippen LogP contribution >= 0.6 is 11.3 Å². The average molecular weight is 497 g/mol. The first kappa shape index (κ1) is 22.9. The molecule has 0 bridgehead atoms. The number of carbonyl (C=O) groups excluding carboxylic acids is 2. The molecular weight excluding hydrogens is 475 g/mol. The lowest BCUT2D eigenvalue weighted by molar-refractivity contribution is -0.121. The van der Waals surface area contributed by atoms with E-state index in [0.29, 0.717) is 32.0 Å². The first-order valence-electron chi connectivity index (χ1n) is 10.8. The summed E-state index contributed by atoms with van der Waals surface area (Å²) in [5.41, 5.74) is 7.40. The van der Waals surface area contributed by atoms with Gasteiger partial charge in [0.05, 0.1) is 29.4 Å². The fraction of sp³-hybridized carbons (Fsp3) is 0.261. The Morgan fingerprint density at radius 3 is 2.63 bits per heavy atom. The number of ether oxygens (including phenoxy) is 1. The number of thiazole rings is 1. The minimum Gasteiger partial charge on any atom is -0.453 e. The number of hydrogen-bond acceptors (Lipinski definition) is 9.